The van der Waals surface area contributed by atoms with E-state index in [1.165, 1.54) is 13.2 Å². The van der Waals surface area contributed by atoms with Crippen molar-refractivity contribution < 1.29 is 19.0 Å². The quantitative estimate of drug-likeness (QED) is 0.649. The van der Waals surface area contributed by atoms with Gasteiger partial charge >= 0.3 is 5.97 Å². The van der Waals surface area contributed by atoms with Gasteiger partial charge in [-0.15, -0.1) is 0 Å². The van der Waals surface area contributed by atoms with Gasteiger partial charge in [0.2, 0.25) is 0 Å². The average molecular weight is 241 g/mol. The molecule has 0 spiro atoms. The van der Waals surface area contributed by atoms with Crippen LogP contribution in [0.3, 0.4) is 0 Å². The topological polar surface area (TPSA) is 59.4 Å². The molecule has 0 saturated heterocycles. The number of pyridine rings is 1. The van der Waals surface area contributed by atoms with E-state index < -0.39 is 17.9 Å². The van der Waals surface area contributed by atoms with Gasteiger partial charge in [0.25, 0.3) is 0 Å². The van der Waals surface area contributed by atoms with E-state index in [0.717, 1.165) is 12.3 Å². The standard InChI is InChI=1S/C10H10FNO3.C2H6/c1-6(10(14)15-2)9(13)8-4-3-7(11)5-12-8;1-2/h3-5,9,13H,1H2,2H3;1-2H3. The molecule has 1 N–H and O–H groups in total. The number of hydrogen-bond acceptors (Lipinski definition) is 4. The Labute approximate surface area is 99.8 Å². The van der Waals surface area contributed by atoms with Crippen LogP contribution in [0.4, 0.5) is 4.39 Å². The fraction of sp³-hybridized carbons (Fsp3) is 0.333. The minimum atomic E-state index is -1.28. The van der Waals surface area contributed by atoms with Crippen LogP contribution in [0, 0.1) is 5.82 Å². The highest BCUT2D eigenvalue weighted by molar-refractivity contribution is 5.88. The van der Waals surface area contributed by atoms with E-state index in [-0.39, 0.29) is 11.3 Å². The predicted molar refractivity (Wildman–Crippen MR) is 61.7 cm³/mol. The smallest absolute Gasteiger partial charge is 0.336 e. The number of carbonyl (C=O) groups is 1. The summed E-state index contributed by atoms with van der Waals surface area (Å²) in [7, 11) is 1.18. The number of methoxy groups -OCH3 is 1. The number of hydrogen-bond donors (Lipinski definition) is 1. The molecule has 1 atom stereocenters. The summed E-state index contributed by atoms with van der Waals surface area (Å²) in [5, 5.41) is 9.60. The molecule has 5 heteroatoms. The van der Waals surface area contributed by atoms with Crippen molar-refractivity contribution in [2.24, 2.45) is 0 Å². The highest BCUT2D eigenvalue weighted by Crippen LogP contribution is 2.18. The summed E-state index contributed by atoms with van der Waals surface area (Å²) in [6, 6.07) is 2.41. The second-order valence-electron chi connectivity index (χ2n) is 2.82. The molecule has 0 aliphatic carbocycles. The molecular weight excluding hydrogens is 225 g/mol. The van der Waals surface area contributed by atoms with Crippen molar-refractivity contribution in [3.05, 3.63) is 42.0 Å². The van der Waals surface area contributed by atoms with Crippen molar-refractivity contribution in [3.8, 4) is 0 Å². The van der Waals surface area contributed by atoms with Crippen molar-refractivity contribution >= 4 is 5.97 Å². The van der Waals surface area contributed by atoms with Gasteiger partial charge in [0.15, 0.2) is 0 Å². The Bertz CT molecular complexity index is 376. The molecule has 4 nitrogen and oxygen atoms in total. The molecule has 1 rings (SSSR count). The third-order valence-corrected chi connectivity index (χ3v) is 1.81. The first kappa shape index (κ1) is 15.2. The first-order valence-electron chi connectivity index (χ1n) is 5.13. The number of rotatable bonds is 3. The molecule has 0 aliphatic heterocycles. The maximum atomic E-state index is 12.5. The summed E-state index contributed by atoms with van der Waals surface area (Å²) in [5.41, 5.74) is 0.00316. The Hall–Kier alpha value is -1.75. The molecule has 0 aromatic carbocycles. The van der Waals surface area contributed by atoms with Crippen LogP contribution in [0.5, 0.6) is 0 Å². The summed E-state index contributed by atoms with van der Waals surface area (Å²) in [5.74, 6) is -1.25. The minimum Gasteiger partial charge on any atom is -0.466 e. The normalized spacial score (nSPS) is 10.9. The van der Waals surface area contributed by atoms with Crippen molar-refractivity contribution in [1.29, 1.82) is 0 Å². The molecule has 0 aliphatic rings. The maximum Gasteiger partial charge on any atom is 0.336 e. The number of aliphatic hydroxyl groups is 1. The van der Waals surface area contributed by atoms with Crippen molar-refractivity contribution in [2.45, 2.75) is 20.0 Å². The Kier molecular flexibility index (Phi) is 6.74. The van der Waals surface area contributed by atoms with Crippen LogP contribution in [-0.2, 0) is 9.53 Å². The van der Waals surface area contributed by atoms with Crippen LogP contribution in [-0.4, -0.2) is 23.2 Å². The molecule has 1 heterocycles. The first-order valence-corrected chi connectivity index (χ1v) is 5.13. The Morgan fingerprint density at radius 1 is 1.53 bits per heavy atom. The zero-order valence-corrected chi connectivity index (χ0v) is 10.1. The fourth-order valence-corrected chi connectivity index (χ4v) is 0.970. The lowest BCUT2D eigenvalue weighted by molar-refractivity contribution is -0.137. The summed E-state index contributed by atoms with van der Waals surface area (Å²) in [6.45, 7) is 7.37. The Morgan fingerprint density at radius 2 is 2.12 bits per heavy atom. The lowest BCUT2D eigenvalue weighted by Gasteiger charge is -2.10. The number of nitrogens with zero attached hydrogens (tertiary/aromatic N) is 1. The van der Waals surface area contributed by atoms with Crippen molar-refractivity contribution in [2.75, 3.05) is 7.11 Å². The highest BCUT2D eigenvalue weighted by atomic mass is 19.1. The largest absolute Gasteiger partial charge is 0.466 e. The van der Waals surface area contributed by atoms with Gasteiger partial charge in [-0.1, -0.05) is 20.4 Å². The molecule has 1 aromatic heterocycles. The summed E-state index contributed by atoms with van der Waals surface area (Å²) < 4.78 is 16.9. The van der Waals surface area contributed by atoms with Crippen LogP contribution in [0.1, 0.15) is 25.6 Å². The molecule has 0 bridgehead atoms. The number of carbonyl (C=O) groups excluding carboxylic acids is 1. The van der Waals surface area contributed by atoms with Gasteiger partial charge in [0, 0.05) is 0 Å². The number of halogens is 1. The molecule has 0 saturated carbocycles. The molecule has 0 radical (unpaired) electrons. The number of ether oxygens (including phenoxy) is 1. The lowest BCUT2D eigenvalue weighted by atomic mass is 10.1. The lowest BCUT2D eigenvalue weighted by Crippen LogP contribution is -2.13. The van der Waals surface area contributed by atoms with Gasteiger partial charge in [0.1, 0.15) is 11.9 Å². The predicted octanol–water partition coefficient (Wildman–Crippen LogP) is 2.01. The monoisotopic (exact) mass is 241 g/mol. The van der Waals surface area contributed by atoms with E-state index >= 15 is 0 Å². The molecular formula is C12H16FNO3. The Morgan fingerprint density at radius 3 is 2.53 bits per heavy atom. The fourth-order valence-electron chi connectivity index (χ4n) is 0.970. The van der Waals surface area contributed by atoms with Crippen LogP contribution in [0.15, 0.2) is 30.5 Å². The average Bonchev–Trinajstić information content (AvgIpc) is 2.39. The van der Waals surface area contributed by atoms with Gasteiger partial charge in [0.05, 0.1) is 24.6 Å². The van der Waals surface area contributed by atoms with E-state index in [9.17, 15) is 14.3 Å². The number of esters is 1. The second-order valence-corrected chi connectivity index (χ2v) is 2.82. The van der Waals surface area contributed by atoms with E-state index in [0.29, 0.717) is 0 Å². The summed E-state index contributed by atoms with van der Waals surface area (Å²) in [6.07, 6.45) is -0.332. The minimum absolute atomic E-state index is 0.142. The Balaban J connectivity index is 0.00000121. The third kappa shape index (κ3) is 4.32. The molecule has 17 heavy (non-hydrogen) atoms. The maximum absolute atomic E-state index is 12.5. The third-order valence-electron chi connectivity index (χ3n) is 1.81. The summed E-state index contributed by atoms with van der Waals surface area (Å²) >= 11 is 0. The van der Waals surface area contributed by atoms with E-state index in [1.807, 2.05) is 13.8 Å². The van der Waals surface area contributed by atoms with Gasteiger partial charge in [-0.3, -0.25) is 4.98 Å². The molecule has 1 aromatic rings. The zero-order chi connectivity index (χ0) is 13.4. The van der Waals surface area contributed by atoms with Crippen LogP contribution >= 0.6 is 0 Å². The van der Waals surface area contributed by atoms with Gasteiger partial charge < -0.3 is 9.84 Å². The first-order chi connectivity index (χ1) is 8.06. The van der Waals surface area contributed by atoms with Gasteiger partial charge in [-0.2, -0.15) is 0 Å². The van der Waals surface area contributed by atoms with E-state index in [2.05, 4.69) is 16.3 Å². The second kappa shape index (κ2) is 7.51. The van der Waals surface area contributed by atoms with Gasteiger partial charge in [-0.25, -0.2) is 9.18 Å². The zero-order valence-electron chi connectivity index (χ0n) is 10.1. The molecule has 0 fully saturated rings. The summed E-state index contributed by atoms with van der Waals surface area (Å²) in [4.78, 5) is 14.6. The van der Waals surface area contributed by atoms with Crippen LogP contribution < -0.4 is 0 Å². The van der Waals surface area contributed by atoms with Crippen LogP contribution in [0.2, 0.25) is 0 Å². The van der Waals surface area contributed by atoms with Gasteiger partial charge in [-0.05, 0) is 12.1 Å². The molecule has 1 unspecified atom stereocenters. The van der Waals surface area contributed by atoms with Crippen molar-refractivity contribution in [3.63, 3.8) is 0 Å². The molecule has 94 valence electrons. The highest BCUT2D eigenvalue weighted by Gasteiger charge is 2.19. The van der Waals surface area contributed by atoms with E-state index in [1.54, 1.807) is 0 Å². The van der Waals surface area contributed by atoms with Crippen LogP contribution in [0.25, 0.3) is 0 Å². The SMILES string of the molecule is C=C(C(=O)OC)C(O)c1ccc(F)cn1.CC. The molecule has 0 amide bonds. The van der Waals surface area contributed by atoms with Crippen molar-refractivity contribution in [1.82, 2.24) is 4.98 Å². The van der Waals surface area contributed by atoms with E-state index in [4.69, 9.17) is 0 Å². The number of aliphatic hydroxyl groups excluding tert-OH is 1. The number of aromatic nitrogens is 1.